The summed E-state index contributed by atoms with van der Waals surface area (Å²) in [7, 11) is 0. The summed E-state index contributed by atoms with van der Waals surface area (Å²) in [5.41, 5.74) is 1.78. The van der Waals surface area contributed by atoms with Crippen LogP contribution in [0.4, 0.5) is 0 Å². The van der Waals surface area contributed by atoms with E-state index in [-0.39, 0.29) is 0 Å². The topological polar surface area (TPSA) is 0 Å². The number of allylic oxidation sites excluding steroid dienone is 2. The second-order valence-electron chi connectivity index (χ2n) is 6.04. The second-order valence-corrected chi connectivity index (χ2v) is 6.04. The van der Waals surface area contributed by atoms with Gasteiger partial charge in [0, 0.05) is 0 Å². The fraction of sp³-hybridized carbons (Fsp3) is 0.889. The first kappa shape index (κ1) is 15.8. The van der Waals surface area contributed by atoms with Gasteiger partial charge in [-0.25, -0.2) is 0 Å². The smallest absolute Gasteiger partial charge is 0.0320 e. The van der Waals surface area contributed by atoms with E-state index in [0.29, 0.717) is 0 Å². The SMILES string of the molecule is CCCCCCCCCC/C1=C\CCCCCC1. The van der Waals surface area contributed by atoms with Gasteiger partial charge in [-0.2, -0.15) is 0 Å². The lowest BCUT2D eigenvalue weighted by atomic mass is 9.96. The molecule has 0 saturated heterocycles. The minimum absolute atomic E-state index is 1.35. The Kier molecular flexibility index (Phi) is 10.4. The van der Waals surface area contributed by atoms with Crippen molar-refractivity contribution in [2.75, 3.05) is 0 Å². The Balaban J connectivity index is 1.93. The molecule has 0 atom stereocenters. The van der Waals surface area contributed by atoms with Crippen LogP contribution in [0.1, 0.15) is 103 Å². The molecule has 0 aromatic rings. The van der Waals surface area contributed by atoms with Gasteiger partial charge >= 0.3 is 0 Å². The highest BCUT2D eigenvalue weighted by atomic mass is 14.1. The van der Waals surface area contributed by atoms with Crippen LogP contribution in [0.25, 0.3) is 0 Å². The van der Waals surface area contributed by atoms with Crippen molar-refractivity contribution in [2.45, 2.75) is 103 Å². The summed E-state index contributed by atoms with van der Waals surface area (Å²) in [5.74, 6) is 0. The summed E-state index contributed by atoms with van der Waals surface area (Å²) in [6.07, 6.45) is 24.1. The maximum absolute atomic E-state index is 2.56. The molecule has 0 unspecified atom stereocenters. The van der Waals surface area contributed by atoms with Gasteiger partial charge in [-0.1, -0.05) is 76.4 Å². The molecule has 0 amide bonds. The predicted octanol–water partition coefficient (Wildman–Crippen LogP) is 6.80. The fourth-order valence-electron chi connectivity index (χ4n) is 2.97. The molecule has 0 aromatic heterocycles. The fourth-order valence-corrected chi connectivity index (χ4v) is 2.97. The molecule has 0 aromatic carbocycles. The van der Waals surface area contributed by atoms with Gasteiger partial charge in [0.25, 0.3) is 0 Å². The van der Waals surface area contributed by atoms with E-state index in [1.807, 2.05) is 0 Å². The number of rotatable bonds is 9. The monoisotopic (exact) mass is 250 g/mol. The number of hydrogen-bond acceptors (Lipinski definition) is 0. The third-order valence-corrected chi connectivity index (χ3v) is 4.24. The molecule has 0 radical (unpaired) electrons. The third kappa shape index (κ3) is 8.78. The van der Waals surface area contributed by atoms with Crippen molar-refractivity contribution < 1.29 is 0 Å². The Hall–Kier alpha value is -0.260. The van der Waals surface area contributed by atoms with E-state index in [4.69, 9.17) is 0 Å². The van der Waals surface area contributed by atoms with Gasteiger partial charge in [-0.15, -0.1) is 0 Å². The van der Waals surface area contributed by atoms with E-state index in [9.17, 15) is 0 Å². The largest absolute Gasteiger partial charge is 0.0853 e. The lowest BCUT2D eigenvalue weighted by molar-refractivity contribution is 0.564. The minimum atomic E-state index is 1.35. The zero-order valence-corrected chi connectivity index (χ0v) is 12.7. The lowest BCUT2D eigenvalue weighted by Crippen LogP contribution is -1.91. The van der Waals surface area contributed by atoms with Gasteiger partial charge in [0.1, 0.15) is 0 Å². The van der Waals surface area contributed by atoms with Crippen molar-refractivity contribution in [3.63, 3.8) is 0 Å². The van der Waals surface area contributed by atoms with Crippen molar-refractivity contribution in [1.29, 1.82) is 0 Å². The molecule has 0 heterocycles. The lowest BCUT2D eigenvalue weighted by Gasteiger charge is -2.11. The quantitative estimate of drug-likeness (QED) is 0.312. The van der Waals surface area contributed by atoms with Crippen LogP contribution in [0.5, 0.6) is 0 Å². The van der Waals surface area contributed by atoms with Crippen molar-refractivity contribution in [3.05, 3.63) is 11.6 Å². The maximum Gasteiger partial charge on any atom is -0.0320 e. The first-order valence-electron chi connectivity index (χ1n) is 8.61. The van der Waals surface area contributed by atoms with Crippen LogP contribution in [0.3, 0.4) is 0 Å². The Morgan fingerprint density at radius 1 is 0.778 bits per heavy atom. The molecule has 0 saturated carbocycles. The molecular formula is C18H34. The van der Waals surface area contributed by atoms with Gasteiger partial charge in [0.2, 0.25) is 0 Å². The molecule has 0 nitrogen and oxygen atoms in total. The summed E-state index contributed by atoms with van der Waals surface area (Å²) in [6, 6.07) is 0. The molecule has 1 aliphatic rings. The third-order valence-electron chi connectivity index (χ3n) is 4.24. The summed E-state index contributed by atoms with van der Waals surface area (Å²) in [6.45, 7) is 2.29. The van der Waals surface area contributed by atoms with Crippen LogP contribution >= 0.6 is 0 Å². The molecule has 0 aliphatic heterocycles. The predicted molar refractivity (Wildman–Crippen MR) is 83.0 cm³/mol. The molecule has 0 fully saturated rings. The molecule has 0 spiro atoms. The number of unbranched alkanes of at least 4 members (excludes halogenated alkanes) is 7. The highest BCUT2D eigenvalue weighted by molar-refractivity contribution is 5.02. The highest BCUT2D eigenvalue weighted by Gasteiger charge is 2.02. The summed E-state index contributed by atoms with van der Waals surface area (Å²) in [5, 5.41) is 0. The van der Waals surface area contributed by atoms with Crippen molar-refractivity contribution in [1.82, 2.24) is 0 Å². The average Bonchev–Trinajstić information content (AvgIpc) is 2.34. The van der Waals surface area contributed by atoms with Crippen molar-refractivity contribution >= 4 is 0 Å². The Bertz CT molecular complexity index is 202. The van der Waals surface area contributed by atoms with Gasteiger partial charge in [0.15, 0.2) is 0 Å². The van der Waals surface area contributed by atoms with Gasteiger partial charge in [0.05, 0.1) is 0 Å². The molecule has 1 rings (SSSR count). The van der Waals surface area contributed by atoms with Crippen LogP contribution in [0.15, 0.2) is 11.6 Å². The molecule has 0 N–H and O–H groups in total. The first-order chi connectivity index (χ1) is 8.93. The van der Waals surface area contributed by atoms with Crippen LogP contribution in [-0.4, -0.2) is 0 Å². The Labute approximate surface area is 115 Å². The molecule has 0 heteroatoms. The zero-order valence-electron chi connectivity index (χ0n) is 12.7. The Morgan fingerprint density at radius 2 is 1.44 bits per heavy atom. The van der Waals surface area contributed by atoms with Gasteiger partial charge < -0.3 is 0 Å². The second kappa shape index (κ2) is 11.8. The molecule has 0 bridgehead atoms. The van der Waals surface area contributed by atoms with Gasteiger partial charge in [-0.05, 0) is 38.5 Å². The summed E-state index contributed by atoms with van der Waals surface area (Å²) in [4.78, 5) is 0. The van der Waals surface area contributed by atoms with Crippen LogP contribution < -0.4 is 0 Å². The minimum Gasteiger partial charge on any atom is -0.0853 e. The number of hydrogen-bond donors (Lipinski definition) is 0. The van der Waals surface area contributed by atoms with Crippen LogP contribution in [0.2, 0.25) is 0 Å². The average molecular weight is 250 g/mol. The van der Waals surface area contributed by atoms with Crippen molar-refractivity contribution in [2.24, 2.45) is 0 Å². The molecule has 18 heavy (non-hydrogen) atoms. The van der Waals surface area contributed by atoms with Crippen LogP contribution in [-0.2, 0) is 0 Å². The summed E-state index contributed by atoms with van der Waals surface area (Å²) >= 11 is 0. The van der Waals surface area contributed by atoms with E-state index in [0.717, 1.165) is 0 Å². The molecule has 1 aliphatic carbocycles. The van der Waals surface area contributed by atoms with E-state index in [1.165, 1.54) is 96.3 Å². The highest BCUT2D eigenvalue weighted by Crippen LogP contribution is 2.21. The summed E-state index contributed by atoms with van der Waals surface area (Å²) < 4.78 is 0. The normalized spacial score (nSPS) is 19.9. The Morgan fingerprint density at radius 3 is 2.22 bits per heavy atom. The molecule has 106 valence electrons. The van der Waals surface area contributed by atoms with E-state index >= 15 is 0 Å². The van der Waals surface area contributed by atoms with Crippen molar-refractivity contribution in [3.8, 4) is 0 Å². The first-order valence-corrected chi connectivity index (χ1v) is 8.61. The van der Waals surface area contributed by atoms with Gasteiger partial charge in [-0.3, -0.25) is 0 Å². The van der Waals surface area contributed by atoms with E-state index in [1.54, 1.807) is 5.57 Å². The maximum atomic E-state index is 2.56. The van der Waals surface area contributed by atoms with E-state index < -0.39 is 0 Å². The zero-order chi connectivity index (χ0) is 12.9. The van der Waals surface area contributed by atoms with E-state index in [2.05, 4.69) is 13.0 Å². The van der Waals surface area contributed by atoms with Crippen LogP contribution in [0, 0.1) is 0 Å². The molecular weight excluding hydrogens is 216 g/mol. The standard InChI is InChI=1S/C18H34/c1-2-3-4-5-6-7-9-12-15-18-16-13-10-8-11-14-17-18/h16H,2-15,17H2,1H3/b18-16+.